The molecule has 1 atom stereocenters. The highest BCUT2D eigenvalue weighted by atomic mass is 16.6. The first kappa shape index (κ1) is 57.1. The van der Waals surface area contributed by atoms with Gasteiger partial charge in [0.05, 0.1) is 0 Å². The molecule has 0 N–H and O–H groups in total. The van der Waals surface area contributed by atoms with E-state index in [9.17, 15) is 14.4 Å². The Balaban J connectivity index is 4.41. The number of allylic oxidation sites excluding steroid dienone is 10. The molecule has 6 nitrogen and oxygen atoms in total. The lowest BCUT2D eigenvalue weighted by atomic mass is 10.0. The lowest BCUT2D eigenvalue weighted by Crippen LogP contribution is -2.30. The summed E-state index contributed by atoms with van der Waals surface area (Å²) in [7, 11) is 0. The largest absolute Gasteiger partial charge is 0.462 e. The molecule has 0 bridgehead atoms. The van der Waals surface area contributed by atoms with Crippen molar-refractivity contribution >= 4 is 17.9 Å². The minimum absolute atomic E-state index is 0.0830. The number of unbranched alkanes of at least 4 members (excludes halogenated alkanes) is 24. The first-order valence-corrected chi connectivity index (χ1v) is 25.3. The highest BCUT2D eigenvalue weighted by molar-refractivity contribution is 5.71. The van der Waals surface area contributed by atoms with E-state index in [1.54, 1.807) is 0 Å². The van der Waals surface area contributed by atoms with Gasteiger partial charge in [0.2, 0.25) is 0 Å². The van der Waals surface area contributed by atoms with Crippen molar-refractivity contribution in [2.24, 2.45) is 0 Å². The Morgan fingerprint density at radius 1 is 0.350 bits per heavy atom. The van der Waals surface area contributed by atoms with Crippen molar-refractivity contribution in [2.75, 3.05) is 13.2 Å². The average Bonchev–Trinajstić information content (AvgIpc) is 3.24. The van der Waals surface area contributed by atoms with E-state index in [-0.39, 0.29) is 31.1 Å². The van der Waals surface area contributed by atoms with Crippen molar-refractivity contribution in [3.8, 4) is 0 Å². The van der Waals surface area contributed by atoms with Crippen LogP contribution in [0.3, 0.4) is 0 Å². The van der Waals surface area contributed by atoms with Gasteiger partial charge in [-0.15, -0.1) is 0 Å². The Labute approximate surface area is 370 Å². The van der Waals surface area contributed by atoms with Crippen LogP contribution in [0, 0.1) is 0 Å². The normalized spacial score (nSPS) is 12.5. The lowest BCUT2D eigenvalue weighted by molar-refractivity contribution is -0.167. The van der Waals surface area contributed by atoms with E-state index >= 15 is 0 Å². The summed E-state index contributed by atoms with van der Waals surface area (Å²) in [5.41, 5.74) is 0. The summed E-state index contributed by atoms with van der Waals surface area (Å²) >= 11 is 0. The number of ether oxygens (including phenoxy) is 3. The molecule has 0 saturated heterocycles. The highest BCUT2D eigenvalue weighted by Gasteiger charge is 2.19. The standard InChI is InChI=1S/C54H94O6/c1-4-7-10-13-16-19-22-25-28-31-34-37-40-43-46-52(55)58-49-51(60-54(57)48-45-42-39-36-33-30-27-24-21-18-15-12-9-6-3)50-59-53(56)47-44-41-38-35-32-29-26-23-20-17-14-11-8-5-2/h7,9-10,12,16,18-19,21,25,28,51H,4-6,8,11,13-15,17,20,22-24,26-27,29-50H2,1-3H3/b10-7-,12-9-,19-16-,21-18-,28-25-. The van der Waals surface area contributed by atoms with E-state index in [1.807, 2.05) is 0 Å². The Morgan fingerprint density at radius 2 is 0.650 bits per heavy atom. The molecule has 0 rings (SSSR count). The Bertz CT molecular complexity index is 1100. The average molecular weight is 839 g/mol. The van der Waals surface area contributed by atoms with Crippen molar-refractivity contribution in [3.63, 3.8) is 0 Å². The van der Waals surface area contributed by atoms with E-state index in [2.05, 4.69) is 81.5 Å². The molecule has 0 fully saturated rings. The zero-order valence-electron chi connectivity index (χ0n) is 39.5. The predicted octanol–water partition coefficient (Wildman–Crippen LogP) is 16.5. The summed E-state index contributed by atoms with van der Waals surface area (Å²) in [4.78, 5) is 37.9. The third-order valence-corrected chi connectivity index (χ3v) is 10.8. The first-order chi connectivity index (χ1) is 29.5. The Morgan fingerprint density at radius 3 is 1.02 bits per heavy atom. The zero-order chi connectivity index (χ0) is 43.7. The van der Waals surface area contributed by atoms with Crippen LogP contribution in [0.2, 0.25) is 0 Å². The van der Waals surface area contributed by atoms with Crippen LogP contribution in [0.15, 0.2) is 60.8 Å². The topological polar surface area (TPSA) is 78.9 Å². The first-order valence-electron chi connectivity index (χ1n) is 25.3. The maximum atomic E-state index is 12.8. The van der Waals surface area contributed by atoms with Gasteiger partial charge in [-0.25, -0.2) is 0 Å². The molecule has 0 radical (unpaired) electrons. The van der Waals surface area contributed by atoms with E-state index in [1.165, 1.54) is 96.3 Å². The van der Waals surface area contributed by atoms with Gasteiger partial charge in [0.15, 0.2) is 6.10 Å². The van der Waals surface area contributed by atoms with Crippen LogP contribution in [-0.4, -0.2) is 37.2 Å². The van der Waals surface area contributed by atoms with Gasteiger partial charge >= 0.3 is 17.9 Å². The van der Waals surface area contributed by atoms with Gasteiger partial charge in [0.1, 0.15) is 13.2 Å². The third-order valence-electron chi connectivity index (χ3n) is 10.8. The smallest absolute Gasteiger partial charge is 0.306 e. The van der Waals surface area contributed by atoms with Gasteiger partial charge in [0, 0.05) is 19.3 Å². The fourth-order valence-electron chi connectivity index (χ4n) is 7.02. The molecular weight excluding hydrogens is 745 g/mol. The van der Waals surface area contributed by atoms with Crippen LogP contribution in [0.4, 0.5) is 0 Å². The van der Waals surface area contributed by atoms with Crippen LogP contribution in [0.1, 0.15) is 245 Å². The maximum absolute atomic E-state index is 12.8. The van der Waals surface area contributed by atoms with Gasteiger partial charge in [-0.1, -0.05) is 210 Å². The van der Waals surface area contributed by atoms with Crippen LogP contribution in [0.25, 0.3) is 0 Å². The Kier molecular flexibility index (Phi) is 46.4. The molecule has 0 aliphatic rings. The van der Waals surface area contributed by atoms with Crippen molar-refractivity contribution in [2.45, 2.75) is 252 Å². The molecule has 0 aromatic rings. The number of esters is 3. The maximum Gasteiger partial charge on any atom is 0.306 e. The van der Waals surface area contributed by atoms with Gasteiger partial charge in [-0.05, 0) is 77.0 Å². The van der Waals surface area contributed by atoms with Crippen LogP contribution >= 0.6 is 0 Å². The highest BCUT2D eigenvalue weighted by Crippen LogP contribution is 2.15. The monoisotopic (exact) mass is 839 g/mol. The van der Waals surface area contributed by atoms with Crippen molar-refractivity contribution in [3.05, 3.63) is 60.8 Å². The molecule has 0 aliphatic carbocycles. The van der Waals surface area contributed by atoms with E-state index in [0.29, 0.717) is 19.3 Å². The lowest BCUT2D eigenvalue weighted by Gasteiger charge is -2.18. The molecule has 0 aliphatic heterocycles. The number of hydrogen-bond acceptors (Lipinski definition) is 6. The quantitative estimate of drug-likeness (QED) is 0.0263. The Hall–Kier alpha value is -2.89. The van der Waals surface area contributed by atoms with Crippen LogP contribution in [-0.2, 0) is 28.6 Å². The second-order valence-electron chi connectivity index (χ2n) is 16.7. The van der Waals surface area contributed by atoms with Crippen molar-refractivity contribution in [1.82, 2.24) is 0 Å². The van der Waals surface area contributed by atoms with Crippen molar-refractivity contribution < 1.29 is 28.6 Å². The minimum atomic E-state index is -0.784. The molecule has 0 aromatic heterocycles. The molecule has 0 aromatic carbocycles. The zero-order valence-corrected chi connectivity index (χ0v) is 39.5. The molecule has 0 saturated carbocycles. The number of carbonyl (C=O) groups excluding carboxylic acids is 3. The summed E-state index contributed by atoms with van der Waals surface area (Å²) in [6.07, 6.45) is 59.1. The minimum Gasteiger partial charge on any atom is -0.462 e. The predicted molar refractivity (Wildman–Crippen MR) is 256 cm³/mol. The van der Waals surface area contributed by atoms with Crippen molar-refractivity contribution in [1.29, 1.82) is 0 Å². The summed E-state index contributed by atoms with van der Waals surface area (Å²) < 4.78 is 16.8. The molecule has 0 amide bonds. The van der Waals surface area contributed by atoms with E-state index in [0.717, 1.165) is 109 Å². The SMILES string of the molecule is CC/C=C\C/C=C\C/C=C\CCCCCCC(=O)OCC(COC(=O)CCCCCCCCCCCCCCCC)OC(=O)CCCCCCCCC/C=C\C/C=C\CC. The second-order valence-corrected chi connectivity index (χ2v) is 16.7. The fraction of sp³-hybridized carbons (Fsp3) is 0.759. The van der Waals surface area contributed by atoms with Crippen LogP contribution < -0.4 is 0 Å². The van der Waals surface area contributed by atoms with Gasteiger partial charge in [-0.3, -0.25) is 14.4 Å². The summed E-state index contributed by atoms with van der Waals surface area (Å²) in [6.45, 7) is 6.40. The summed E-state index contributed by atoms with van der Waals surface area (Å²) in [5.74, 6) is -0.910. The van der Waals surface area contributed by atoms with E-state index < -0.39 is 6.10 Å². The molecule has 0 spiro atoms. The molecule has 346 valence electrons. The molecule has 6 heteroatoms. The third kappa shape index (κ3) is 46.2. The summed E-state index contributed by atoms with van der Waals surface area (Å²) in [6, 6.07) is 0. The molecule has 60 heavy (non-hydrogen) atoms. The van der Waals surface area contributed by atoms with Gasteiger partial charge in [-0.2, -0.15) is 0 Å². The second kappa shape index (κ2) is 48.8. The fourth-order valence-corrected chi connectivity index (χ4v) is 7.02. The molecular formula is C54H94O6. The molecule has 1 unspecified atom stereocenters. The number of carbonyl (C=O) groups is 3. The van der Waals surface area contributed by atoms with Crippen LogP contribution in [0.5, 0.6) is 0 Å². The van der Waals surface area contributed by atoms with Gasteiger partial charge < -0.3 is 14.2 Å². The number of hydrogen-bond donors (Lipinski definition) is 0. The number of rotatable bonds is 45. The molecule has 0 heterocycles. The summed E-state index contributed by atoms with van der Waals surface area (Å²) in [5, 5.41) is 0. The van der Waals surface area contributed by atoms with E-state index in [4.69, 9.17) is 14.2 Å². The van der Waals surface area contributed by atoms with Gasteiger partial charge in [0.25, 0.3) is 0 Å².